The molecule has 0 spiro atoms. The van der Waals surface area contributed by atoms with Gasteiger partial charge in [-0.25, -0.2) is 8.42 Å². The van der Waals surface area contributed by atoms with E-state index >= 15 is 0 Å². The van der Waals surface area contributed by atoms with Gasteiger partial charge in [0.25, 0.3) is 0 Å². The highest BCUT2D eigenvalue weighted by atomic mass is 32.2. The molecule has 0 amide bonds. The molecule has 1 aromatic heterocycles. The number of hydrogen-bond acceptors (Lipinski definition) is 4. The monoisotopic (exact) mass is 371 g/mol. The Morgan fingerprint density at radius 2 is 1.69 bits per heavy atom. The van der Waals surface area contributed by atoms with Gasteiger partial charge >= 0.3 is 0 Å². The normalized spacial score (nSPS) is 11.6. The summed E-state index contributed by atoms with van der Waals surface area (Å²) in [5.41, 5.74) is 1.09. The first-order chi connectivity index (χ1) is 12.6. The van der Waals surface area contributed by atoms with Gasteiger partial charge in [0.15, 0.2) is 0 Å². The van der Waals surface area contributed by atoms with Crippen molar-refractivity contribution in [3.63, 3.8) is 0 Å². The van der Waals surface area contributed by atoms with E-state index in [1.807, 2.05) is 30.3 Å². The summed E-state index contributed by atoms with van der Waals surface area (Å²) in [5, 5.41) is 0. The summed E-state index contributed by atoms with van der Waals surface area (Å²) in [6.07, 6.45) is 2.17. The number of furan rings is 1. The second-order valence-corrected chi connectivity index (χ2v) is 7.77. The fourth-order valence-corrected chi connectivity index (χ4v) is 4.06. The Morgan fingerprint density at radius 3 is 2.31 bits per heavy atom. The van der Waals surface area contributed by atoms with Crippen molar-refractivity contribution in [2.75, 3.05) is 13.7 Å². The molecule has 0 N–H and O–H groups in total. The van der Waals surface area contributed by atoms with E-state index in [0.29, 0.717) is 24.5 Å². The molecule has 0 atom stereocenters. The molecular weight excluding hydrogens is 350 g/mol. The molecule has 0 bridgehead atoms. The van der Waals surface area contributed by atoms with Crippen LogP contribution in [-0.2, 0) is 23.0 Å². The van der Waals surface area contributed by atoms with E-state index in [9.17, 15) is 8.42 Å². The number of rotatable bonds is 8. The number of ether oxygens (including phenoxy) is 1. The predicted octanol–water partition coefficient (Wildman–Crippen LogP) is 3.72. The van der Waals surface area contributed by atoms with Crippen LogP contribution in [0.5, 0.6) is 5.75 Å². The minimum absolute atomic E-state index is 0.189. The molecule has 0 aliphatic rings. The van der Waals surface area contributed by atoms with Crippen molar-refractivity contribution in [2.45, 2.75) is 17.9 Å². The Morgan fingerprint density at radius 1 is 0.962 bits per heavy atom. The van der Waals surface area contributed by atoms with Gasteiger partial charge < -0.3 is 9.15 Å². The zero-order valence-corrected chi connectivity index (χ0v) is 15.4. The number of nitrogens with zero attached hydrogens (tertiary/aromatic N) is 1. The van der Waals surface area contributed by atoms with Crippen LogP contribution in [0.25, 0.3) is 0 Å². The fraction of sp³-hybridized carbons (Fsp3) is 0.200. The molecule has 136 valence electrons. The molecule has 0 unspecified atom stereocenters. The highest BCUT2D eigenvalue weighted by Crippen LogP contribution is 2.22. The van der Waals surface area contributed by atoms with Crippen LogP contribution in [0, 0.1) is 0 Å². The molecule has 6 heteroatoms. The first-order valence-electron chi connectivity index (χ1n) is 8.30. The van der Waals surface area contributed by atoms with Gasteiger partial charge in [0, 0.05) is 6.54 Å². The first-order valence-corrected chi connectivity index (χ1v) is 9.74. The molecule has 0 saturated carbocycles. The summed E-state index contributed by atoms with van der Waals surface area (Å²) in [6, 6.07) is 19.8. The van der Waals surface area contributed by atoms with Crippen LogP contribution in [0.1, 0.15) is 11.3 Å². The lowest BCUT2D eigenvalue weighted by atomic mass is 10.1. The van der Waals surface area contributed by atoms with Crippen LogP contribution in [0.15, 0.2) is 82.3 Å². The summed E-state index contributed by atoms with van der Waals surface area (Å²) in [4.78, 5) is 0.234. The van der Waals surface area contributed by atoms with E-state index in [1.54, 1.807) is 49.8 Å². The SMILES string of the molecule is COc1ccc(S(=O)(=O)N(CCc2ccccc2)Cc2ccco2)cc1. The third-order valence-electron chi connectivity index (χ3n) is 4.10. The van der Waals surface area contributed by atoms with Crippen LogP contribution < -0.4 is 4.74 Å². The molecule has 3 rings (SSSR count). The maximum Gasteiger partial charge on any atom is 0.243 e. The summed E-state index contributed by atoms with van der Waals surface area (Å²) >= 11 is 0. The molecule has 0 aliphatic heterocycles. The van der Waals surface area contributed by atoms with Gasteiger partial charge in [0.05, 0.1) is 24.8 Å². The molecule has 1 heterocycles. The lowest BCUT2D eigenvalue weighted by molar-refractivity contribution is 0.365. The van der Waals surface area contributed by atoms with Crippen molar-refractivity contribution in [2.24, 2.45) is 0 Å². The Hall–Kier alpha value is -2.57. The molecule has 3 aromatic rings. The first kappa shape index (κ1) is 18.2. The number of sulfonamides is 1. The van der Waals surface area contributed by atoms with Gasteiger partial charge in [0.2, 0.25) is 10.0 Å². The third kappa shape index (κ3) is 4.33. The summed E-state index contributed by atoms with van der Waals surface area (Å²) < 4.78 is 38.2. The molecular formula is C20H21NO4S. The molecule has 0 saturated heterocycles. The molecule has 2 aromatic carbocycles. The number of methoxy groups -OCH3 is 1. The van der Waals surface area contributed by atoms with E-state index in [0.717, 1.165) is 5.56 Å². The van der Waals surface area contributed by atoms with E-state index in [-0.39, 0.29) is 11.4 Å². The molecule has 0 fully saturated rings. The van der Waals surface area contributed by atoms with Crippen LogP contribution in [0.4, 0.5) is 0 Å². The third-order valence-corrected chi connectivity index (χ3v) is 5.96. The minimum Gasteiger partial charge on any atom is -0.497 e. The van der Waals surface area contributed by atoms with Crippen LogP contribution in [0.2, 0.25) is 0 Å². The highest BCUT2D eigenvalue weighted by molar-refractivity contribution is 7.89. The van der Waals surface area contributed by atoms with Crippen LogP contribution in [-0.4, -0.2) is 26.4 Å². The lowest BCUT2D eigenvalue weighted by Gasteiger charge is -2.21. The van der Waals surface area contributed by atoms with E-state index in [4.69, 9.17) is 9.15 Å². The molecule has 0 aliphatic carbocycles. The van der Waals surface area contributed by atoms with E-state index in [1.165, 1.54) is 4.31 Å². The predicted molar refractivity (Wildman–Crippen MR) is 99.4 cm³/mol. The van der Waals surface area contributed by atoms with Gasteiger partial charge in [-0.15, -0.1) is 0 Å². The maximum absolute atomic E-state index is 13.1. The zero-order valence-electron chi connectivity index (χ0n) is 14.5. The van der Waals surface area contributed by atoms with E-state index in [2.05, 4.69) is 0 Å². The van der Waals surface area contributed by atoms with Gasteiger partial charge in [0.1, 0.15) is 11.5 Å². The average molecular weight is 371 g/mol. The Bertz CT molecular complexity index is 904. The van der Waals surface area contributed by atoms with Crippen molar-refractivity contribution in [3.05, 3.63) is 84.3 Å². The second-order valence-electron chi connectivity index (χ2n) is 5.83. The molecule has 0 radical (unpaired) electrons. The van der Waals surface area contributed by atoms with Gasteiger partial charge in [-0.3, -0.25) is 0 Å². The average Bonchev–Trinajstić information content (AvgIpc) is 3.19. The molecule has 26 heavy (non-hydrogen) atoms. The minimum atomic E-state index is -3.65. The number of benzene rings is 2. The fourth-order valence-electron chi connectivity index (χ4n) is 2.66. The summed E-state index contributed by atoms with van der Waals surface area (Å²) in [6.45, 7) is 0.549. The standard InChI is InChI=1S/C20H21NO4S/c1-24-18-9-11-20(12-10-18)26(22,23)21(16-19-8-5-15-25-19)14-13-17-6-3-2-4-7-17/h2-12,15H,13-14,16H2,1H3. The second kappa shape index (κ2) is 8.21. The molecule has 5 nitrogen and oxygen atoms in total. The zero-order chi connectivity index (χ0) is 18.4. The summed E-state index contributed by atoms with van der Waals surface area (Å²) in [5.74, 6) is 1.22. The van der Waals surface area contributed by atoms with Crippen molar-refractivity contribution >= 4 is 10.0 Å². The van der Waals surface area contributed by atoms with Crippen LogP contribution >= 0.6 is 0 Å². The van der Waals surface area contributed by atoms with Crippen molar-refractivity contribution in [1.29, 1.82) is 0 Å². The van der Waals surface area contributed by atoms with Gasteiger partial charge in [-0.2, -0.15) is 4.31 Å². The van der Waals surface area contributed by atoms with Gasteiger partial charge in [-0.1, -0.05) is 30.3 Å². The smallest absolute Gasteiger partial charge is 0.243 e. The van der Waals surface area contributed by atoms with Crippen molar-refractivity contribution in [1.82, 2.24) is 4.31 Å². The Balaban J connectivity index is 1.84. The largest absolute Gasteiger partial charge is 0.497 e. The van der Waals surface area contributed by atoms with Crippen molar-refractivity contribution < 1.29 is 17.6 Å². The van der Waals surface area contributed by atoms with Crippen LogP contribution in [0.3, 0.4) is 0 Å². The van der Waals surface area contributed by atoms with Crippen molar-refractivity contribution in [3.8, 4) is 5.75 Å². The number of hydrogen-bond donors (Lipinski definition) is 0. The topological polar surface area (TPSA) is 59.8 Å². The quantitative estimate of drug-likeness (QED) is 0.605. The van der Waals surface area contributed by atoms with Gasteiger partial charge in [-0.05, 0) is 48.4 Å². The highest BCUT2D eigenvalue weighted by Gasteiger charge is 2.25. The lowest BCUT2D eigenvalue weighted by Crippen LogP contribution is -2.32. The van der Waals surface area contributed by atoms with E-state index < -0.39 is 10.0 Å². The Kier molecular flexibility index (Phi) is 5.75. The maximum atomic E-state index is 13.1. The summed E-state index contributed by atoms with van der Waals surface area (Å²) in [7, 11) is -2.11. The Labute approximate surface area is 153 Å².